The summed E-state index contributed by atoms with van der Waals surface area (Å²) in [5.74, 6) is 0.198. The number of hydrogen-bond acceptors (Lipinski definition) is 2. The number of esters is 1. The Morgan fingerprint density at radius 1 is 1.78 bits per heavy atom. The summed E-state index contributed by atoms with van der Waals surface area (Å²) in [6, 6.07) is 0. The van der Waals surface area contributed by atoms with Crippen LogP contribution in [0.4, 0.5) is 0 Å². The molecule has 0 fully saturated rings. The first-order chi connectivity index (χ1) is 4.20. The van der Waals surface area contributed by atoms with E-state index in [1.54, 1.807) is 0 Å². The Balaban J connectivity index is 3.34. The van der Waals surface area contributed by atoms with E-state index in [9.17, 15) is 4.79 Å². The fourth-order valence-corrected chi connectivity index (χ4v) is 0.470. The first kappa shape index (κ1) is 8.47. The number of ether oxygens (including phenoxy) is 1. The minimum atomic E-state index is -0.147. The first-order valence-electron chi connectivity index (χ1n) is 3.06. The monoisotopic (exact) mass is 129 g/mol. The van der Waals surface area contributed by atoms with Gasteiger partial charge in [-0.3, -0.25) is 4.79 Å². The Bertz CT molecular complexity index is 88.9. The molecule has 0 aromatic carbocycles. The second kappa shape index (κ2) is 4.36. The third kappa shape index (κ3) is 4.01. The van der Waals surface area contributed by atoms with Crippen LogP contribution >= 0.6 is 0 Å². The van der Waals surface area contributed by atoms with Gasteiger partial charge in [0.2, 0.25) is 0 Å². The molecule has 0 aliphatic carbocycles. The first-order valence-corrected chi connectivity index (χ1v) is 3.06. The second-order valence-electron chi connectivity index (χ2n) is 2.17. The maximum atomic E-state index is 10.5. The minimum absolute atomic E-state index is 0.147. The van der Waals surface area contributed by atoms with Gasteiger partial charge >= 0.3 is 5.97 Å². The molecule has 0 amide bonds. The highest BCUT2D eigenvalue weighted by atomic mass is 16.5. The number of carbonyl (C=O) groups excluding carboxylic acids is 1. The SMILES string of the molecule is [CH2]CC(C)CC(=O)OC. The van der Waals surface area contributed by atoms with E-state index in [-0.39, 0.29) is 5.97 Å². The van der Waals surface area contributed by atoms with Crippen LogP contribution in [0.15, 0.2) is 0 Å². The lowest BCUT2D eigenvalue weighted by Crippen LogP contribution is -2.05. The van der Waals surface area contributed by atoms with Gasteiger partial charge in [-0.15, -0.1) is 0 Å². The Kier molecular flexibility index (Phi) is 4.10. The number of methoxy groups -OCH3 is 1. The topological polar surface area (TPSA) is 26.3 Å². The van der Waals surface area contributed by atoms with Crippen LogP contribution in [0.1, 0.15) is 19.8 Å². The zero-order chi connectivity index (χ0) is 7.28. The highest BCUT2D eigenvalue weighted by molar-refractivity contribution is 5.69. The van der Waals surface area contributed by atoms with Crippen LogP contribution in [-0.2, 0) is 9.53 Å². The third-order valence-electron chi connectivity index (χ3n) is 1.24. The Morgan fingerprint density at radius 3 is 2.67 bits per heavy atom. The summed E-state index contributed by atoms with van der Waals surface area (Å²) in [6.45, 7) is 5.64. The van der Waals surface area contributed by atoms with Crippen LogP contribution in [0.3, 0.4) is 0 Å². The number of rotatable bonds is 3. The molecule has 9 heavy (non-hydrogen) atoms. The molecule has 1 atom stereocenters. The molecule has 0 aromatic rings. The van der Waals surface area contributed by atoms with Crippen molar-refractivity contribution < 1.29 is 9.53 Å². The minimum Gasteiger partial charge on any atom is -0.469 e. The molecule has 2 nitrogen and oxygen atoms in total. The average molecular weight is 129 g/mol. The highest BCUT2D eigenvalue weighted by Gasteiger charge is 2.05. The van der Waals surface area contributed by atoms with E-state index < -0.39 is 0 Å². The molecule has 0 aromatic heterocycles. The summed E-state index contributed by atoms with van der Waals surface area (Å²) < 4.78 is 4.46. The molecular formula is C7H13O2. The third-order valence-corrected chi connectivity index (χ3v) is 1.24. The van der Waals surface area contributed by atoms with Gasteiger partial charge in [0.15, 0.2) is 0 Å². The molecule has 0 bridgehead atoms. The molecule has 0 saturated carbocycles. The van der Waals surface area contributed by atoms with Gasteiger partial charge in [-0.05, 0) is 5.92 Å². The predicted molar refractivity (Wildman–Crippen MR) is 35.8 cm³/mol. The molecule has 0 rings (SSSR count). The second-order valence-corrected chi connectivity index (χ2v) is 2.17. The summed E-state index contributed by atoms with van der Waals surface area (Å²) in [6.07, 6.45) is 1.27. The Labute approximate surface area is 56.2 Å². The van der Waals surface area contributed by atoms with Crippen LogP contribution < -0.4 is 0 Å². The van der Waals surface area contributed by atoms with Crippen LogP contribution in [0.2, 0.25) is 0 Å². The van der Waals surface area contributed by atoms with Crippen molar-refractivity contribution >= 4 is 5.97 Å². The van der Waals surface area contributed by atoms with E-state index in [0.717, 1.165) is 6.42 Å². The number of hydrogen-bond donors (Lipinski definition) is 0. The smallest absolute Gasteiger partial charge is 0.305 e. The molecule has 1 unspecified atom stereocenters. The van der Waals surface area contributed by atoms with Gasteiger partial charge < -0.3 is 4.74 Å². The van der Waals surface area contributed by atoms with Gasteiger partial charge in [-0.1, -0.05) is 20.3 Å². The van der Waals surface area contributed by atoms with Crippen molar-refractivity contribution in [3.63, 3.8) is 0 Å². The van der Waals surface area contributed by atoms with E-state index in [1.165, 1.54) is 7.11 Å². The number of carbonyl (C=O) groups is 1. The molecule has 0 heterocycles. The van der Waals surface area contributed by atoms with Gasteiger partial charge in [0.1, 0.15) is 0 Å². The van der Waals surface area contributed by atoms with E-state index in [4.69, 9.17) is 0 Å². The van der Waals surface area contributed by atoms with Gasteiger partial charge in [0.25, 0.3) is 0 Å². The zero-order valence-electron chi connectivity index (χ0n) is 6.02. The summed E-state index contributed by atoms with van der Waals surface area (Å²) in [5.41, 5.74) is 0. The molecule has 1 radical (unpaired) electrons. The van der Waals surface area contributed by atoms with Gasteiger partial charge in [-0.2, -0.15) is 0 Å². The maximum absolute atomic E-state index is 10.5. The lowest BCUT2D eigenvalue weighted by atomic mass is 10.1. The largest absolute Gasteiger partial charge is 0.469 e. The molecule has 2 heteroatoms. The molecule has 0 aliphatic heterocycles. The molecule has 0 aliphatic rings. The van der Waals surface area contributed by atoms with Crippen molar-refractivity contribution in [3.05, 3.63) is 6.92 Å². The summed E-state index contributed by atoms with van der Waals surface area (Å²) >= 11 is 0. The van der Waals surface area contributed by atoms with E-state index in [2.05, 4.69) is 11.7 Å². The van der Waals surface area contributed by atoms with Crippen molar-refractivity contribution in [3.8, 4) is 0 Å². The molecular weight excluding hydrogens is 116 g/mol. The Hall–Kier alpha value is -0.530. The van der Waals surface area contributed by atoms with Crippen LogP contribution in [0.25, 0.3) is 0 Å². The van der Waals surface area contributed by atoms with Crippen molar-refractivity contribution in [2.24, 2.45) is 5.92 Å². The van der Waals surface area contributed by atoms with Crippen molar-refractivity contribution in [2.45, 2.75) is 19.8 Å². The standard InChI is InChI=1S/C7H13O2/c1-4-6(2)5-7(8)9-3/h6H,1,4-5H2,2-3H3. The molecule has 0 N–H and O–H groups in total. The molecule has 53 valence electrons. The van der Waals surface area contributed by atoms with Crippen LogP contribution in [0.5, 0.6) is 0 Å². The molecule has 0 spiro atoms. The summed E-state index contributed by atoms with van der Waals surface area (Å²) in [4.78, 5) is 10.5. The van der Waals surface area contributed by atoms with E-state index in [0.29, 0.717) is 12.3 Å². The van der Waals surface area contributed by atoms with E-state index >= 15 is 0 Å². The van der Waals surface area contributed by atoms with Crippen molar-refractivity contribution in [1.82, 2.24) is 0 Å². The predicted octanol–water partition coefficient (Wildman–Crippen LogP) is 1.41. The zero-order valence-corrected chi connectivity index (χ0v) is 6.02. The lowest BCUT2D eigenvalue weighted by Gasteiger charge is -2.04. The normalized spacial score (nSPS) is 12.8. The van der Waals surface area contributed by atoms with Crippen molar-refractivity contribution in [2.75, 3.05) is 7.11 Å². The summed E-state index contributed by atoms with van der Waals surface area (Å²) in [5, 5.41) is 0. The average Bonchev–Trinajstić information content (AvgIpc) is 1.87. The molecule has 0 saturated heterocycles. The fourth-order valence-electron chi connectivity index (χ4n) is 0.470. The fraction of sp³-hybridized carbons (Fsp3) is 0.714. The highest BCUT2D eigenvalue weighted by Crippen LogP contribution is 2.05. The van der Waals surface area contributed by atoms with Gasteiger partial charge in [0, 0.05) is 6.42 Å². The van der Waals surface area contributed by atoms with Crippen molar-refractivity contribution in [1.29, 1.82) is 0 Å². The lowest BCUT2D eigenvalue weighted by molar-refractivity contribution is -0.141. The quantitative estimate of drug-likeness (QED) is 0.538. The maximum Gasteiger partial charge on any atom is 0.305 e. The van der Waals surface area contributed by atoms with E-state index in [1.807, 2.05) is 6.92 Å². The summed E-state index contributed by atoms with van der Waals surface area (Å²) in [7, 11) is 1.40. The van der Waals surface area contributed by atoms with Crippen LogP contribution in [-0.4, -0.2) is 13.1 Å². The van der Waals surface area contributed by atoms with Gasteiger partial charge in [-0.25, -0.2) is 0 Å². The van der Waals surface area contributed by atoms with Crippen LogP contribution in [0, 0.1) is 12.8 Å². The Morgan fingerprint density at radius 2 is 2.33 bits per heavy atom. The van der Waals surface area contributed by atoms with Gasteiger partial charge in [0.05, 0.1) is 7.11 Å².